The number of carbonyl (C=O) groups is 2. The molecular formula is C19H19NO4. The van der Waals surface area contributed by atoms with Gasteiger partial charge in [-0.15, -0.1) is 0 Å². The molecule has 0 fully saturated rings. The topological polar surface area (TPSA) is 75.6 Å². The molecule has 0 heterocycles. The number of amides is 1. The molecule has 0 bridgehead atoms. The van der Waals surface area contributed by atoms with E-state index in [1.54, 1.807) is 54.6 Å². The number of rotatable bonds is 6. The predicted molar refractivity (Wildman–Crippen MR) is 91.7 cm³/mol. The van der Waals surface area contributed by atoms with Gasteiger partial charge in [-0.25, -0.2) is 4.79 Å². The Balaban J connectivity index is 2.22. The number of nitrogens with one attached hydrogen (secondary N) is 1. The molecule has 2 rings (SSSR count). The highest BCUT2D eigenvalue weighted by molar-refractivity contribution is 6.02. The number of ether oxygens (including phenoxy) is 1. The van der Waals surface area contributed by atoms with Gasteiger partial charge in [-0.3, -0.25) is 4.79 Å². The third-order valence-corrected chi connectivity index (χ3v) is 3.06. The highest BCUT2D eigenvalue weighted by Crippen LogP contribution is 2.17. The maximum Gasteiger partial charge on any atom is 0.352 e. The Bertz CT molecular complexity index is 751. The number of hydrogen-bond donors (Lipinski definition) is 2. The fourth-order valence-electron chi connectivity index (χ4n) is 2.05. The lowest BCUT2D eigenvalue weighted by Crippen LogP contribution is -2.27. The monoisotopic (exact) mass is 325 g/mol. The van der Waals surface area contributed by atoms with Crippen molar-refractivity contribution in [1.29, 1.82) is 0 Å². The van der Waals surface area contributed by atoms with Gasteiger partial charge >= 0.3 is 5.97 Å². The predicted octanol–water partition coefficient (Wildman–Crippen LogP) is 3.33. The van der Waals surface area contributed by atoms with Crippen molar-refractivity contribution < 1.29 is 19.4 Å². The normalized spacial score (nSPS) is 11.2. The van der Waals surface area contributed by atoms with E-state index in [-0.39, 0.29) is 11.8 Å². The number of hydrogen-bond acceptors (Lipinski definition) is 3. The molecular weight excluding hydrogens is 306 g/mol. The Kier molecular flexibility index (Phi) is 5.73. The molecule has 0 saturated carbocycles. The van der Waals surface area contributed by atoms with Gasteiger partial charge in [0.05, 0.1) is 6.10 Å². The first-order chi connectivity index (χ1) is 11.5. The zero-order valence-corrected chi connectivity index (χ0v) is 13.5. The number of benzene rings is 2. The second-order valence-corrected chi connectivity index (χ2v) is 5.42. The van der Waals surface area contributed by atoms with Gasteiger partial charge in [0.2, 0.25) is 0 Å². The first-order valence-electron chi connectivity index (χ1n) is 7.54. The van der Waals surface area contributed by atoms with Gasteiger partial charge in [0.25, 0.3) is 5.91 Å². The first kappa shape index (κ1) is 17.3. The van der Waals surface area contributed by atoms with Crippen molar-refractivity contribution in [3.8, 4) is 5.75 Å². The van der Waals surface area contributed by atoms with Gasteiger partial charge in [-0.2, -0.15) is 0 Å². The van der Waals surface area contributed by atoms with E-state index in [0.29, 0.717) is 16.9 Å². The molecule has 0 aliphatic heterocycles. The standard InChI is InChI=1S/C19H19NO4/c1-13(2)24-16-10-6-7-14(11-16)12-17(19(22)23)20-18(21)15-8-4-3-5-9-15/h3-13H,1-2H3,(H,20,21)(H,22,23). The van der Waals surface area contributed by atoms with Crippen LogP contribution in [0.3, 0.4) is 0 Å². The zero-order chi connectivity index (χ0) is 17.5. The fourth-order valence-corrected chi connectivity index (χ4v) is 2.05. The second-order valence-electron chi connectivity index (χ2n) is 5.42. The highest BCUT2D eigenvalue weighted by atomic mass is 16.5. The lowest BCUT2D eigenvalue weighted by molar-refractivity contribution is -0.132. The van der Waals surface area contributed by atoms with E-state index in [4.69, 9.17) is 4.74 Å². The van der Waals surface area contributed by atoms with E-state index in [2.05, 4.69) is 5.32 Å². The SMILES string of the molecule is CC(C)Oc1cccc(C=C(NC(=O)c2ccccc2)C(=O)O)c1. The van der Waals surface area contributed by atoms with Gasteiger partial charge in [0, 0.05) is 5.56 Å². The molecule has 2 N–H and O–H groups in total. The second kappa shape index (κ2) is 7.97. The van der Waals surface area contributed by atoms with E-state index >= 15 is 0 Å². The van der Waals surface area contributed by atoms with Gasteiger partial charge in [-0.05, 0) is 49.8 Å². The van der Waals surface area contributed by atoms with Gasteiger partial charge < -0.3 is 15.2 Å². The summed E-state index contributed by atoms with van der Waals surface area (Å²) in [5, 5.41) is 11.8. The summed E-state index contributed by atoms with van der Waals surface area (Å²) < 4.78 is 5.58. The van der Waals surface area contributed by atoms with E-state index in [1.165, 1.54) is 6.08 Å². The molecule has 0 saturated heterocycles. The molecule has 0 spiro atoms. The van der Waals surface area contributed by atoms with E-state index in [9.17, 15) is 14.7 Å². The molecule has 24 heavy (non-hydrogen) atoms. The molecule has 0 aromatic heterocycles. The first-order valence-corrected chi connectivity index (χ1v) is 7.54. The summed E-state index contributed by atoms with van der Waals surface area (Å²) in [4.78, 5) is 23.5. The van der Waals surface area contributed by atoms with E-state index in [1.807, 2.05) is 13.8 Å². The Morgan fingerprint density at radius 1 is 1.08 bits per heavy atom. The van der Waals surface area contributed by atoms with E-state index < -0.39 is 11.9 Å². The van der Waals surface area contributed by atoms with Crippen LogP contribution in [0.4, 0.5) is 0 Å². The van der Waals surface area contributed by atoms with Gasteiger partial charge in [0.1, 0.15) is 11.4 Å². The van der Waals surface area contributed by atoms with Crippen LogP contribution < -0.4 is 10.1 Å². The lowest BCUT2D eigenvalue weighted by atomic mass is 10.1. The summed E-state index contributed by atoms with van der Waals surface area (Å²) in [7, 11) is 0. The van der Waals surface area contributed by atoms with Crippen LogP contribution in [0.5, 0.6) is 5.75 Å². The van der Waals surface area contributed by atoms with Crippen LogP contribution in [-0.4, -0.2) is 23.1 Å². The van der Waals surface area contributed by atoms with Gasteiger partial charge in [-0.1, -0.05) is 30.3 Å². The molecule has 2 aromatic carbocycles. The van der Waals surface area contributed by atoms with Crippen LogP contribution in [-0.2, 0) is 4.79 Å². The summed E-state index contributed by atoms with van der Waals surface area (Å²) in [5.74, 6) is -1.05. The minimum Gasteiger partial charge on any atom is -0.491 e. The quantitative estimate of drug-likeness (QED) is 0.799. The third kappa shape index (κ3) is 4.98. The third-order valence-electron chi connectivity index (χ3n) is 3.06. The van der Waals surface area contributed by atoms with E-state index in [0.717, 1.165) is 0 Å². The maximum atomic E-state index is 12.1. The van der Waals surface area contributed by atoms with Crippen molar-refractivity contribution in [3.05, 3.63) is 71.4 Å². The average Bonchev–Trinajstić information content (AvgIpc) is 2.54. The van der Waals surface area contributed by atoms with Crippen LogP contribution in [0.1, 0.15) is 29.8 Å². The smallest absolute Gasteiger partial charge is 0.352 e. The van der Waals surface area contributed by atoms with Crippen LogP contribution in [0.2, 0.25) is 0 Å². The molecule has 0 aliphatic carbocycles. The average molecular weight is 325 g/mol. The molecule has 0 atom stereocenters. The van der Waals surface area contributed by atoms with Crippen molar-refractivity contribution in [1.82, 2.24) is 5.32 Å². The zero-order valence-electron chi connectivity index (χ0n) is 13.5. The Morgan fingerprint density at radius 2 is 1.79 bits per heavy atom. The highest BCUT2D eigenvalue weighted by Gasteiger charge is 2.13. The molecule has 5 heteroatoms. The van der Waals surface area contributed by atoms with Crippen molar-refractivity contribution in [3.63, 3.8) is 0 Å². The Hall–Kier alpha value is -3.08. The van der Waals surface area contributed by atoms with Crippen LogP contribution in [0.15, 0.2) is 60.3 Å². The molecule has 1 amide bonds. The van der Waals surface area contributed by atoms with Crippen LogP contribution >= 0.6 is 0 Å². The van der Waals surface area contributed by atoms with Crippen LogP contribution in [0, 0.1) is 0 Å². The largest absolute Gasteiger partial charge is 0.491 e. The molecule has 2 aromatic rings. The summed E-state index contributed by atoms with van der Waals surface area (Å²) >= 11 is 0. The Morgan fingerprint density at radius 3 is 2.42 bits per heavy atom. The number of carbonyl (C=O) groups excluding carboxylic acids is 1. The minimum atomic E-state index is -1.21. The minimum absolute atomic E-state index is 0.0148. The van der Waals surface area contributed by atoms with Crippen LogP contribution in [0.25, 0.3) is 6.08 Å². The molecule has 0 aliphatic rings. The van der Waals surface area contributed by atoms with Gasteiger partial charge in [0.15, 0.2) is 0 Å². The molecule has 0 unspecified atom stereocenters. The number of carboxylic acid groups (broad SMARTS) is 1. The summed E-state index contributed by atoms with van der Waals surface area (Å²) in [6.45, 7) is 3.82. The van der Waals surface area contributed by atoms with Crippen molar-refractivity contribution in [2.45, 2.75) is 20.0 Å². The molecule has 0 radical (unpaired) electrons. The summed E-state index contributed by atoms with van der Waals surface area (Å²) in [6, 6.07) is 15.5. The lowest BCUT2D eigenvalue weighted by Gasteiger charge is -2.10. The fraction of sp³-hybridized carbons (Fsp3) is 0.158. The van der Waals surface area contributed by atoms with Crippen molar-refractivity contribution >= 4 is 18.0 Å². The molecule has 5 nitrogen and oxygen atoms in total. The summed E-state index contributed by atoms with van der Waals surface area (Å²) in [5.41, 5.74) is 0.811. The van der Waals surface area contributed by atoms with Crippen molar-refractivity contribution in [2.24, 2.45) is 0 Å². The number of aliphatic carboxylic acids is 1. The molecule has 124 valence electrons. The maximum absolute atomic E-state index is 12.1. The van der Waals surface area contributed by atoms with Crippen molar-refractivity contribution in [2.75, 3.05) is 0 Å². The summed E-state index contributed by atoms with van der Waals surface area (Å²) in [6.07, 6.45) is 1.41. The Labute approximate surface area is 140 Å². The number of carboxylic acids is 1.